The highest BCUT2D eigenvalue weighted by atomic mass is 32.1. The fourth-order valence-electron chi connectivity index (χ4n) is 1.77. The molecule has 0 aromatic carbocycles. The van der Waals surface area contributed by atoms with E-state index >= 15 is 0 Å². The third-order valence-corrected chi connectivity index (χ3v) is 3.28. The van der Waals surface area contributed by atoms with Gasteiger partial charge >= 0.3 is 0 Å². The van der Waals surface area contributed by atoms with Crippen molar-refractivity contribution >= 4 is 12.6 Å². The molecular formula is C15H32O2S. The third kappa shape index (κ3) is 16.3. The van der Waals surface area contributed by atoms with Gasteiger partial charge in [0, 0.05) is 13.2 Å². The molecule has 0 spiro atoms. The van der Waals surface area contributed by atoms with Gasteiger partial charge < -0.3 is 9.47 Å². The Balaban J connectivity index is 2.86. The van der Waals surface area contributed by atoms with Gasteiger partial charge in [-0.05, 0) is 25.0 Å². The predicted octanol–water partition coefficient (Wildman–Crippen LogP) is 4.48. The lowest BCUT2D eigenvalue weighted by Crippen LogP contribution is -2.06. The van der Waals surface area contributed by atoms with Crippen LogP contribution in [-0.4, -0.2) is 32.2 Å². The number of rotatable bonds is 15. The van der Waals surface area contributed by atoms with E-state index in [1.807, 2.05) is 0 Å². The summed E-state index contributed by atoms with van der Waals surface area (Å²) in [4.78, 5) is 0. The standard InChI is InChI=1S/C15H32O2S/c1-2-3-11-16-13-14-17-12-9-7-5-4-6-8-10-15-18/h18H,2-15H2,1H3. The zero-order chi connectivity index (χ0) is 13.3. The van der Waals surface area contributed by atoms with E-state index in [1.165, 1.54) is 51.4 Å². The normalized spacial score (nSPS) is 11.0. The molecule has 0 radical (unpaired) electrons. The molecule has 0 saturated carbocycles. The van der Waals surface area contributed by atoms with Crippen LogP contribution in [0.4, 0.5) is 0 Å². The van der Waals surface area contributed by atoms with Crippen molar-refractivity contribution in [1.82, 2.24) is 0 Å². The first-order valence-electron chi connectivity index (χ1n) is 7.68. The summed E-state index contributed by atoms with van der Waals surface area (Å²) in [6.45, 7) is 5.47. The second-order valence-electron chi connectivity index (χ2n) is 4.78. The quantitative estimate of drug-likeness (QED) is 0.351. The largest absolute Gasteiger partial charge is 0.379 e. The van der Waals surface area contributed by atoms with E-state index in [9.17, 15) is 0 Å². The maximum atomic E-state index is 5.52. The van der Waals surface area contributed by atoms with Gasteiger partial charge in [0.1, 0.15) is 0 Å². The van der Waals surface area contributed by atoms with Gasteiger partial charge in [-0.25, -0.2) is 0 Å². The Morgan fingerprint density at radius 2 is 1.11 bits per heavy atom. The van der Waals surface area contributed by atoms with Gasteiger partial charge in [-0.3, -0.25) is 0 Å². The third-order valence-electron chi connectivity index (χ3n) is 2.96. The lowest BCUT2D eigenvalue weighted by Gasteiger charge is -2.05. The highest BCUT2D eigenvalue weighted by Crippen LogP contribution is 2.07. The molecule has 0 aromatic rings. The summed E-state index contributed by atoms with van der Waals surface area (Å²) in [5, 5.41) is 0. The Morgan fingerprint density at radius 3 is 1.67 bits per heavy atom. The summed E-state index contributed by atoms with van der Waals surface area (Å²) in [5.74, 6) is 1.04. The lowest BCUT2D eigenvalue weighted by atomic mass is 10.1. The summed E-state index contributed by atoms with van der Waals surface area (Å²) in [6, 6.07) is 0. The molecule has 0 amide bonds. The lowest BCUT2D eigenvalue weighted by molar-refractivity contribution is 0.0453. The monoisotopic (exact) mass is 276 g/mol. The van der Waals surface area contributed by atoms with Crippen LogP contribution in [0, 0.1) is 0 Å². The molecule has 0 unspecified atom stereocenters. The average molecular weight is 276 g/mol. The minimum atomic E-state index is 0.754. The molecule has 2 nitrogen and oxygen atoms in total. The van der Waals surface area contributed by atoms with Crippen molar-refractivity contribution in [3.05, 3.63) is 0 Å². The second kappa shape index (κ2) is 17.3. The number of thiol groups is 1. The van der Waals surface area contributed by atoms with Gasteiger partial charge in [-0.15, -0.1) is 0 Å². The van der Waals surface area contributed by atoms with Gasteiger partial charge in [0.05, 0.1) is 13.2 Å². The Morgan fingerprint density at radius 1 is 0.611 bits per heavy atom. The number of ether oxygens (including phenoxy) is 2. The van der Waals surface area contributed by atoms with Crippen LogP contribution in [0.2, 0.25) is 0 Å². The fraction of sp³-hybridized carbons (Fsp3) is 1.00. The van der Waals surface area contributed by atoms with Crippen LogP contribution in [0.1, 0.15) is 64.7 Å². The molecule has 18 heavy (non-hydrogen) atoms. The summed E-state index contributed by atoms with van der Waals surface area (Å²) in [7, 11) is 0. The first-order valence-corrected chi connectivity index (χ1v) is 8.31. The van der Waals surface area contributed by atoms with Gasteiger partial charge in [0.15, 0.2) is 0 Å². The van der Waals surface area contributed by atoms with Crippen LogP contribution in [0.15, 0.2) is 0 Å². The van der Waals surface area contributed by atoms with Crippen molar-refractivity contribution < 1.29 is 9.47 Å². The molecule has 0 fully saturated rings. The fourth-order valence-corrected chi connectivity index (χ4v) is 1.99. The molecule has 110 valence electrons. The van der Waals surface area contributed by atoms with Crippen molar-refractivity contribution in [1.29, 1.82) is 0 Å². The molecule has 0 aliphatic carbocycles. The topological polar surface area (TPSA) is 18.5 Å². The van der Waals surface area contributed by atoms with E-state index in [1.54, 1.807) is 0 Å². The molecule has 0 bridgehead atoms. The molecule has 0 atom stereocenters. The van der Waals surface area contributed by atoms with E-state index in [0.717, 1.165) is 38.6 Å². The Kier molecular flexibility index (Phi) is 17.5. The highest BCUT2D eigenvalue weighted by Gasteiger charge is 1.93. The van der Waals surface area contributed by atoms with E-state index in [2.05, 4.69) is 19.6 Å². The first-order chi connectivity index (χ1) is 8.91. The van der Waals surface area contributed by atoms with E-state index in [0.29, 0.717) is 0 Å². The van der Waals surface area contributed by atoms with Crippen molar-refractivity contribution in [3.63, 3.8) is 0 Å². The Hall–Kier alpha value is 0.270. The van der Waals surface area contributed by atoms with Crippen molar-refractivity contribution in [2.24, 2.45) is 0 Å². The van der Waals surface area contributed by atoms with Crippen molar-refractivity contribution in [2.75, 3.05) is 32.2 Å². The summed E-state index contributed by atoms with van der Waals surface area (Å²) in [6.07, 6.45) is 11.6. The van der Waals surface area contributed by atoms with Gasteiger partial charge in [0.25, 0.3) is 0 Å². The van der Waals surface area contributed by atoms with Gasteiger partial charge in [0.2, 0.25) is 0 Å². The average Bonchev–Trinajstić information content (AvgIpc) is 2.39. The zero-order valence-electron chi connectivity index (χ0n) is 12.2. The maximum absolute atomic E-state index is 5.52. The molecule has 0 rings (SSSR count). The predicted molar refractivity (Wildman–Crippen MR) is 82.7 cm³/mol. The van der Waals surface area contributed by atoms with Gasteiger partial charge in [-0.2, -0.15) is 12.6 Å². The van der Waals surface area contributed by atoms with Crippen molar-refractivity contribution in [2.45, 2.75) is 64.7 Å². The highest BCUT2D eigenvalue weighted by molar-refractivity contribution is 7.80. The molecule has 0 aliphatic rings. The zero-order valence-corrected chi connectivity index (χ0v) is 13.1. The second-order valence-corrected chi connectivity index (χ2v) is 5.22. The molecule has 0 heterocycles. The van der Waals surface area contributed by atoms with Crippen molar-refractivity contribution in [3.8, 4) is 0 Å². The van der Waals surface area contributed by atoms with E-state index < -0.39 is 0 Å². The van der Waals surface area contributed by atoms with E-state index in [4.69, 9.17) is 9.47 Å². The smallest absolute Gasteiger partial charge is 0.0700 e. The first kappa shape index (κ1) is 18.3. The van der Waals surface area contributed by atoms with Crippen LogP contribution in [-0.2, 0) is 9.47 Å². The molecule has 0 N–H and O–H groups in total. The van der Waals surface area contributed by atoms with Crippen LogP contribution >= 0.6 is 12.6 Å². The summed E-state index contributed by atoms with van der Waals surface area (Å²) in [5.41, 5.74) is 0. The Labute approximate surface area is 119 Å². The number of hydrogen-bond acceptors (Lipinski definition) is 3. The molecule has 0 aromatic heterocycles. The van der Waals surface area contributed by atoms with Gasteiger partial charge in [-0.1, -0.05) is 45.4 Å². The Bertz CT molecular complexity index is 126. The van der Waals surface area contributed by atoms with Crippen LogP contribution in [0.25, 0.3) is 0 Å². The van der Waals surface area contributed by atoms with Crippen LogP contribution in [0.5, 0.6) is 0 Å². The molecule has 3 heteroatoms. The van der Waals surface area contributed by atoms with Crippen LogP contribution < -0.4 is 0 Å². The SMILES string of the molecule is CCCCOCCOCCCCCCCCCS. The van der Waals surface area contributed by atoms with E-state index in [-0.39, 0.29) is 0 Å². The summed E-state index contributed by atoms with van der Waals surface area (Å²) < 4.78 is 10.9. The number of hydrogen-bond donors (Lipinski definition) is 1. The van der Waals surface area contributed by atoms with Crippen LogP contribution in [0.3, 0.4) is 0 Å². The molecule has 0 aliphatic heterocycles. The maximum Gasteiger partial charge on any atom is 0.0700 e. The minimum Gasteiger partial charge on any atom is -0.379 e. The number of unbranched alkanes of at least 4 members (excludes halogenated alkanes) is 7. The molecule has 0 saturated heterocycles. The minimum absolute atomic E-state index is 0.754. The molecular weight excluding hydrogens is 244 g/mol. The summed E-state index contributed by atoms with van der Waals surface area (Å²) >= 11 is 4.21.